The molecule has 0 radical (unpaired) electrons. The highest BCUT2D eigenvalue weighted by Crippen LogP contribution is 2.32. The maximum absolute atomic E-state index is 12.5. The van der Waals surface area contributed by atoms with E-state index < -0.39 is 61.6 Å². The first-order valence-electron chi connectivity index (χ1n) is 11.1. The van der Waals surface area contributed by atoms with Gasteiger partial charge in [-0.25, -0.2) is 0 Å². The van der Waals surface area contributed by atoms with Crippen LogP contribution in [0.3, 0.4) is 0 Å². The van der Waals surface area contributed by atoms with Crippen LogP contribution in [0.2, 0.25) is 0 Å². The number of hydrogen-bond acceptors (Lipinski definition) is 10. The zero-order valence-electron chi connectivity index (χ0n) is 19.4. The van der Waals surface area contributed by atoms with Crippen LogP contribution >= 0.6 is 0 Å². The first-order valence-corrected chi connectivity index (χ1v) is 11.1. The lowest BCUT2D eigenvalue weighted by Gasteiger charge is -2.45. The molecular formula is C24H32N2O9. The Labute approximate surface area is 202 Å². The molecule has 1 heterocycles. The molecule has 0 aromatic heterocycles. The Morgan fingerprint density at radius 3 is 2.49 bits per heavy atom. The number of carbonyl (C=O) groups is 1. The molecule has 3 rings (SSSR count). The second-order valence-corrected chi connectivity index (χ2v) is 8.69. The molecule has 0 saturated carbocycles. The molecule has 9 N–H and O–H groups in total. The highest BCUT2D eigenvalue weighted by atomic mass is 16.7. The van der Waals surface area contributed by atoms with E-state index >= 15 is 0 Å². The fraction of sp³-hybridized carbons (Fsp3) is 0.458. The van der Waals surface area contributed by atoms with Crippen LogP contribution in [0.1, 0.15) is 22.8 Å². The second-order valence-electron chi connectivity index (χ2n) is 8.69. The van der Waals surface area contributed by atoms with Gasteiger partial charge in [-0.15, -0.1) is 0 Å². The molecule has 0 aliphatic carbocycles. The van der Waals surface area contributed by atoms with Gasteiger partial charge in [0.2, 0.25) is 12.0 Å². The number of aryl methyl sites for hydroxylation is 1. The summed E-state index contributed by atoms with van der Waals surface area (Å²) in [7, 11) is 0. The Balaban J connectivity index is 1.80. The van der Waals surface area contributed by atoms with Gasteiger partial charge in [-0.3, -0.25) is 10.5 Å². The summed E-state index contributed by atoms with van der Waals surface area (Å²) in [5.41, 5.74) is 5.73. The first-order chi connectivity index (χ1) is 16.5. The van der Waals surface area contributed by atoms with Gasteiger partial charge in [0.25, 0.3) is 5.91 Å². The van der Waals surface area contributed by atoms with E-state index in [1.165, 1.54) is 6.92 Å². The lowest BCUT2D eigenvalue weighted by molar-refractivity contribution is -0.319. The Hall–Kier alpha value is -2.61. The quantitative estimate of drug-likeness (QED) is 0.203. The predicted molar refractivity (Wildman–Crippen MR) is 124 cm³/mol. The van der Waals surface area contributed by atoms with Crippen molar-refractivity contribution in [1.82, 2.24) is 5.32 Å². The number of rotatable bonds is 8. The van der Waals surface area contributed by atoms with Crippen molar-refractivity contribution < 1.29 is 44.9 Å². The molecule has 2 aromatic rings. The highest BCUT2D eigenvalue weighted by Gasteiger charge is 2.54. The van der Waals surface area contributed by atoms with Gasteiger partial charge >= 0.3 is 0 Å². The molecule has 7 atom stereocenters. The number of aliphatic hydroxyl groups is 6. The summed E-state index contributed by atoms with van der Waals surface area (Å²) in [6, 6.07) is 11.1. The maximum atomic E-state index is 12.5. The van der Waals surface area contributed by atoms with E-state index in [0.717, 1.165) is 5.56 Å². The van der Waals surface area contributed by atoms with Crippen molar-refractivity contribution in [2.45, 2.75) is 56.3 Å². The van der Waals surface area contributed by atoms with Crippen LogP contribution in [0.15, 0.2) is 42.5 Å². The Bertz CT molecular complexity index is 1030. The Kier molecular flexibility index (Phi) is 8.46. The minimum absolute atomic E-state index is 0.277. The molecule has 35 heavy (non-hydrogen) atoms. The number of amides is 1. The number of ether oxygens (including phenoxy) is 2. The van der Waals surface area contributed by atoms with Crippen LogP contribution in [-0.2, 0) is 4.74 Å². The van der Waals surface area contributed by atoms with Gasteiger partial charge in [0, 0.05) is 5.56 Å². The van der Waals surface area contributed by atoms with E-state index in [2.05, 4.69) is 5.32 Å². The molecule has 1 aliphatic heterocycles. The molecule has 1 saturated heterocycles. The number of hydrogen-bond donors (Lipinski definition) is 8. The van der Waals surface area contributed by atoms with Gasteiger partial charge in [-0.2, -0.15) is 0 Å². The van der Waals surface area contributed by atoms with Crippen LogP contribution in [0.4, 0.5) is 0 Å². The van der Waals surface area contributed by atoms with Gasteiger partial charge in [0.05, 0.1) is 25.4 Å². The molecule has 11 heteroatoms. The van der Waals surface area contributed by atoms with Crippen molar-refractivity contribution in [2.24, 2.45) is 5.73 Å². The monoisotopic (exact) mass is 492 g/mol. The summed E-state index contributed by atoms with van der Waals surface area (Å²) in [5, 5.41) is 61.4. The van der Waals surface area contributed by atoms with E-state index in [0.29, 0.717) is 16.7 Å². The lowest BCUT2D eigenvalue weighted by Crippen LogP contribution is -2.72. The number of nitrogens with one attached hydrogen (secondary N) is 1. The Morgan fingerprint density at radius 1 is 1.20 bits per heavy atom. The fourth-order valence-corrected chi connectivity index (χ4v) is 3.72. The second kappa shape index (κ2) is 11.0. The normalized spacial score (nSPS) is 28.3. The third kappa shape index (κ3) is 5.80. The number of nitrogens with two attached hydrogens (primary N) is 1. The van der Waals surface area contributed by atoms with Crippen molar-refractivity contribution in [1.29, 1.82) is 0 Å². The first kappa shape index (κ1) is 27.0. The molecular weight excluding hydrogens is 460 g/mol. The van der Waals surface area contributed by atoms with Crippen LogP contribution < -0.4 is 15.8 Å². The van der Waals surface area contributed by atoms with E-state index in [-0.39, 0.29) is 5.75 Å². The summed E-state index contributed by atoms with van der Waals surface area (Å²) in [6.45, 7) is 2.19. The number of benzene rings is 2. The van der Waals surface area contributed by atoms with Crippen molar-refractivity contribution in [3.8, 4) is 16.9 Å². The summed E-state index contributed by atoms with van der Waals surface area (Å²) in [6.07, 6.45) is -7.10. The van der Waals surface area contributed by atoms with E-state index in [1.54, 1.807) is 49.4 Å². The zero-order chi connectivity index (χ0) is 25.9. The molecule has 2 aromatic carbocycles. The van der Waals surface area contributed by atoms with Gasteiger partial charge in [-0.05, 0) is 54.8 Å². The van der Waals surface area contributed by atoms with Crippen molar-refractivity contribution in [3.63, 3.8) is 0 Å². The smallest absolute Gasteiger partial charge is 0.251 e. The molecule has 1 amide bonds. The van der Waals surface area contributed by atoms with Gasteiger partial charge in [-0.1, -0.05) is 18.2 Å². The Morgan fingerprint density at radius 2 is 1.89 bits per heavy atom. The predicted octanol–water partition coefficient (Wildman–Crippen LogP) is -1.40. The molecule has 1 aliphatic rings. The fourth-order valence-electron chi connectivity index (χ4n) is 3.72. The summed E-state index contributed by atoms with van der Waals surface area (Å²) in [4.78, 5) is 12.5. The number of aliphatic hydroxyl groups excluding tert-OH is 5. The standard InChI is InChI=1S/C24H32N2O9/c1-12-8-15(14-4-3-5-16(9-14)22(32)26-17(10-27)13(2)29)6-7-18(12)34-23-24(25,33)21(31)20(30)19(11-28)35-23/h3-9,13,17,19-21,23,27-31,33H,10-11,25H2,1-2H3,(H,26,32)/t13-,17+,19-,20-,21+,23+,24+/m1/s1. The lowest BCUT2D eigenvalue weighted by atomic mass is 9.94. The molecule has 0 spiro atoms. The molecule has 1 fully saturated rings. The van der Waals surface area contributed by atoms with Gasteiger partial charge in [0.1, 0.15) is 24.1 Å². The minimum atomic E-state index is -2.43. The van der Waals surface area contributed by atoms with Crippen molar-refractivity contribution >= 4 is 5.91 Å². The van der Waals surface area contributed by atoms with Crippen LogP contribution in [0.25, 0.3) is 11.1 Å². The number of carbonyl (C=O) groups excluding carboxylic acids is 1. The third-order valence-electron chi connectivity index (χ3n) is 6.00. The topological polar surface area (TPSA) is 195 Å². The zero-order valence-corrected chi connectivity index (χ0v) is 19.4. The molecule has 0 unspecified atom stereocenters. The largest absolute Gasteiger partial charge is 0.460 e. The van der Waals surface area contributed by atoms with Crippen molar-refractivity contribution in [3.05, 3.63) is 53.6 Å². The van der Waals surface area contributed by atoms with E-state index in [4.69, 9.17) is 15.2 Å². The minimum Gasteiger partial charge on any atom is -0.460 e. The summed E-state index contributed by atoms with van der Waals surface area (Å²) in [5.74, 6) is -0.168. The van der Waals surface area contributed by atoms with Crippen LogP contribution in [0, 0.1) is 6.92 Å². The highest BCUT2D eigenvalue weighted by molar-refractivity contribution is 5.95. The van der Waals surface area contributed by atoms with Crippen LogP contribution in [0.5, 0.6) is 5.75 Å². The average molecular weight is 493 g/mol. The third-order valence-corrected chi connectivity index (χ3v) is 6.00. The van der Waals surface area contributed by atoms with Crippen LogP contribution in [-0.4, -0.2) is 92.2 Å². The SMILES string of the molecule is Cc1cc(-c2cccc(C(=O)N[C@@H](CO)[C@@H](C)O)c2)ccc1O[C@H]1O[C@H](CO)[C@@H](O)[C@H](O)[C@]1(N)O. The molecule has 11 nitrogen and oxygen atoms in total. The maximum Gasteiger partial charge on any atom is 0.251 e. The molecule has 0 bridgehead atoms. The summed E-state index contributed by atoms with van der Waals surface area (Å²) < 4.78 is 11.1. The van der Waals surface area contributed by atoms with Gasteiger partial charge < -0.3 is 45.4 Å². The molecule has 192 valence electrons. The van der Waals surface area contributed by atoms with Gasteiger partial charge in [0.15, 0.2) is 0 Å². The summed E-state index contributed by atoms with van der Waals surface area (Å²) >= 11 is 0. The van der Waals surface area contributed by atoms with E-state index in [9.17, 15) is 35.4 Å². The van der Waals surface area contributed by atoms with E-state index in [1.807, 2.05) is 0 Å². The van der Waals surface area contributed by atoms with Crippen molar-refractivity contribution in [2.75, 3.05) is 13.2 Å². The average Bonchev–Trinajstić information content (AvgIpc) is 2.83.